The second-order valence-electron chi connectivity index (χ2n) is 3.95. The molecule has 1 heterocycles. The van der Waals surface area contributed by atoms with Crippen molar-refractivity contribution in [2.24, 2.45) is 0 Å². The lowest BCUT2D eigenvalue weighted by atomic mass is 10.2. The van der Waals surface area contributed by atoms with Crippen molar-refractivity contribution in [3.05, 3.63) is 52.3 Å². The van der Waals surface area contributed by atoms with E-state index in [0.29, 0.717) is 5.56 Å². The van der Waals surface area contributed by atoms with Gasteiger partial charge in [0.05, 0.1) is 11.5 Å². The van der Waals surface area contributed by atoms with E-state index in [-0.39, 0.29) is 10.6 Å². The predicted molar refractivity (Wildman–Crippen MR) is 68.6 cm³/mol. The third kappa shape index (κ3) is 2.85. The number of aryl methyl sites for hydroxylation is 1. The van der Waals surface area contributed by atoms with E-state index in [0.717, 1.165) is 18.8 Å². The maximum atomic E-state index is 10.7. The number of hydrogen-bond acceptors (Lipinski definition) is 4. The fraction of sp³-hybridized carbons (Fsp3) is 0.250. The van der Waals surface area contributed by atoms with Gasteiger partial charge in [0, 0.05) is 36.3 Å². The Morgan fingerprint density at radius 1 is 1.50 bits per heavy atom. The lowest BCUT2D eigenvalue weighted by molar-refractivity contribution is -0.385. The standard InChI is InChI=1S/C12H14N4O2/c1-10-9-11(3-4-12(10)16(17)18)13-6-8-15-7-2-5-14-15/h2-5,7,9,13H,6,8H2,1H3. The Morgan fingerprint density at radius 2 is 2.33 bits per heavy atom. The molecule has 18 heavy (non-hydrogen) atoms. The highest BCUT2D eigenvalue weighted by molar-refractivity contribution is 5.53. The zero-order valence-corrected chi connectivity index (χ0v) is 10.0. The quantitative estimate of drug-likeness (QED) is 0.648. The molecule has 0 bridgehead atoms. The van der Waals surface area contributed by atoms with Gasteiger partial charge in [0.15, 0.2) is 0 Å². The Kier molecular flexibility index (Phi) is 3.57. The summed E-state index contributed by atoms with van der Waals surface area (Å²) in [6, 6.07) is 6.89. The Morgan fingerprint density at radius 3 is 2.94 bits per heavy atom. The van der Waals surface area contributed by atoms with Crippen molar-refractivity contribution in [3.63, 3.8) is 0 Å². The molecular weight excluding hydrogens is 232 g/mol. The molecule has 94 valence electrons. The Hall–Kier alpha value is -2.37. The minimum atomic E-state index is -0.372. The van der Waals surface area contributed by atoms with Crippen LogP contribution >= 0.6 is 0 Å². The van der Waals surface area contributed by atoms with E-state index < -0.39 is 0 Å². The first-order valence-corrected chi connectivity index (χ1v) is 5.63. The smallest absolute Gasteiger partial charge is 0.272 e. The van der Waals surface area contributed by atoms with E-state index in [4.69, 9.17) is 0 Å². The summed E-state index contributed by atoms with van der Waals surface area (Å²) < 4.78 is 1.82. The van der Waals surface area contributed by atoms with E-state index in [1.807, 2.05) is 16.9 Å². The van der Waals surface area contributed by atoms with Crippen molar-refractivity contribution >= 4 is 11.4 Å². The SMILES string of the molecule is Cc1cc(NCCn2cccn2)ccc1[N+](=O)[O-]. The van der Waals surface area contributed by atoms with Gasteiger partial charge in [-0.05, 0) is 25.1 Å². The van der Waals surface area contributed by atoms with Crippen LogP contribution in [0.1, 0.15) is 5.56 Å². The molecule has 0 saturated carbocycles. The van der Waals surface area contributed by atoms with Crippen LogP contribution < -0.4 is 5.32 Å². The van der Waals surface area contributed by atoms with E-state index in [1.54, 1.807) is 25.3 Å². The van der Waals surface area contributed by atoms with Gasteiger partial charge in [-0.15, -0.1) is 0 Å². The first-order chi connectivity index (χ1) is 8.66. The fourth-order valence-corrected chi connectivity index (χ4v) is 1.72. The van der Waals surface area contributed by atoms with Crippen molar-refractivity contribution in [1.82, 2.24) is 9.78 Å². The van der Waals surface area contributed by atoms with Crippen LogP contribution in [0.3, 0.4) is 0 Å². The second kappa shape index (κ2) is 5.31. The zero-order valence-electron chi connectivity index (χ0n) is 10.0. The van der Waals surface area contributed by atoms with Gasteiger partial charge in [0.1, 0.15) is 0 Å². The highest BCUT2D eigenvalue weighted by Gasteiger charge is 2.09. The number of aromatic nitrogens is 2. The number of hydrogen-bond donors (Lipinski definition) is 1. The number of benzene rings is 1. The average molecular weight is 246 g/mol. The molecule has 2 aromatic rings. The molecular formula is C12H14N4O2. The van der Waals surface area contributed by atoms with Crippen LogP contribution in [0.5, 0.6) is 0 Å². The van der Waals surface area contributed by atoms with Crippen molar-refractivity contribution in [2.75, 3.05) is 11.9 Å². The van der Waals surface area contributed by atoms with Crippen LogP contribution in [0.15, 0.2) is 36.7 Å². The van der Waals surface area contributed by atoms with Gasteiger partial charge in [0.25, 0.3) is 5.69 Å². The minimum Gasteiger partial charge on any atom is -0.383 e. The lowest BCUT2D eigenvalue weighted by Gasteiger charge is -2.07. The molecule has 0 aliphatic heterocycles. The maximum Gasteiger partial charge on any atom is 0.272 e. The molecule has 1 aromatic carbocycles. The topological polar surface area (TPSA) is 73.0 Å². The molecule has 6 nitrogen and oxygen atoms in total. The number of nitrogens with one attached hydrogen (secondary N) is 1. The number of nitrogens with zero attached hydrogens (tertiary/aromatic N) is 3. The number of anilines is 1. The molecule has 0 spiro atoms. The molecule has 6 heteroatoms. The van der Waals surface area contributed by atoms with Crippen LogP contribution in [0.2, 0.25) is 0 Å². The molecule has 0 aliphatic carbocycles. The van der Waals surface area contributed by atoms with E-state index >= 15 is 0 Å². The fourth-order valence-electron chi connectivity index (χ4n) is 1.72. The largest absolute Gasteiger partial charge is 0.383 e. The lowest BCUT2D eigenvalue weighted by Crippen LogP contribution is -2.10. The van der Waals surface area contributed by atoms with Crippen LogP contribution in [0.4, 0.5) is 11.4 Å². The van der Waals surface area contributed by atoms with Gasteiger partial charge in [0.2, 0.25) is 0 Å². The van der Waals surface area contributed by atoms with Crippen LogP contribution in [-0.4, -0.2) is 21.2 Å². The summed E-state index contributed by atoms with van der Waals surface area (Å²) >= 11 is 0. The molecule has 0 atom stereocenters. The van der Waals surface area contributed by atoms with Crippen LogP contribution in [0, 0.1) is 17.0 Å². The molecule has 0 aliphatic rings. The first-order valence-electron chi connectivity index (χ1n) is 5.63. The van der Waals surface area contributed by atoms with Gasteiger partial charge in [-0.1, -0.05) is 0 Å². The summed E-state index contributed by atoms with van der Waals surface area (Å²) in [5.74, 6) is 0. The summed E-state index contributed by atoms with van der Waals surface area (Å²) in [7, 11) is 0. The van der Waals surface area contributed by atoms with Crippen molar-refractivity contribution in [1.29, 1.82) is 0 Å². The van der Waals surface area contributed by atoms with Gasteiger partial charge in [-0.25, -0.2) is 0 Å². The molecule has 1 aromatic heterocycles. The summed E-state index contributed by atoms with van der Waals surface area (Å²) in [5.41, 5.74) is 1.68. The highest BCUT2D eigenvalue weighted by Crippen LogP contribution is 2.21. The first kappa shape index (κ1) is 12.1. The zero-order chi connectivity index (χ0) is 13.0. The van der Waals surface area contributed by atoms with Crippen LogP contribution in [-0.2, 0) is 6.54 Å². The Balaban J connectivity index is 1.94. The van der Waals surface area contributed by atoms with Gasteiger partial charge in [-0.2, -0.15) is 5.10 Å². The molecule has 0 fully saturated rings. The van der Waals surface area contributed by atoms with Gasteiger partial charge < -0.3 is 5.32 Å². The van der Waals surface area contributed by atoms with Gasteiger partial charge >= 0.3 is 0 Å². The molecule has 0 radical (unpaired) electrons. The Labute approximate surface area is 104 Å². The second-order valence-corrected chi connectivity index (χ2v) is 3.95. The molecule has 0 amide bonds. The monoisotopic (exact) mass is 246 g/mol. The number of nitro benzene ring substituents is 1. The van der Waals surface area contributed by atoms with Crippen molar-refractivity contribution < 1.29 is 4.92 Å². The van der Waals surface area contributed by atoms with Crippen molar-refractivity contribution in [2.45, 2.75) is 13.5 Å². The third-order valence-electron chi connectivity index (χ3n) is 2.62. The summed E-state index contributed by atoms with van der Waals surface area (Å²) in [4.78, 5) is 10.3. The molecule has 0 unspecified atom stereocenters. The van der Waals surface area contributed by atoms with E-state index in [2.05, 4.69) is 10.4 Å². The van der Waals surface area contributed by atoms with Gasteiger partial charge in [-0.3, -0.25) is 14.8 Å². The predicted octanol–water partition coefficient (Wildman–Crippen LogP) is 2.21. The minimum absolute atomic E-state index is 0.146. The number of rotatable bonds is 5. The summed E-state index contributed by atoms with van der Waals surface area (Å²) in [6.07, 6.45) is 3.62. The molecule has 0 saturated heterocycles. The number of nitro groups is 1. The van der Waals surface area contributed by atoms with Crippen molar-refractivity contribution in [3.8, 4) is 0 Å². The summed E-state index contributed by atoms with van der Waals surface area (Å²) in [6.45, 7) is 3.21. The molecule has 1 N–H and O–H groups in total. The third-order valence-corrected chi connectivity index (χ3v) is 2.62. The van der Waals surface area contributed by atoms with E-state index in [9.17, 15) is 10.1 Å². The summed E-state index contributed by atoms with van der Waals surface area (Å²) in [5, 5.41) is 18.0. The maximum absolute atomic E-state index is 10.7. The highest BCUT2D eigenvalue weighted by atomic mass is 16.6. The van der Waals surface area contributed by atoms with E-state index in [1.165, 1.54) is 6.07 Å². The van der Waals surface area contributed by atoms with Crippen LogP contribution in [0.25, 0.3) is 0 Å². The Bertz CT molecular complexity index is 537. The molecule has 2 rings (SSSR count). The normalized spacial score (nSPS) is 10.3. The average Bonchev–Trinajstić information content (AvgIpc) is 2.81.